The zero-order valence-corrected chi connectivity index (χ0v) is 17.7. The first kappa shape index (κ1) is 22.0. The molecule has 0 saturated heterocycles. The predicted molar refractivity (Wildman–Crippen MR) is 110 cm³/mol. The van der Waals surface area contributed by atoms with E-state index >= 15 is 0 Å². The SMILES string of the molecule is CCOC(=O)c1c(C)oc(NC(=O)CSc2nnc(-c3ccoc3C)n2N)c1C(N)=O. The number of nitrogens with two attached hydrogens (primary N) is 2. The van der Waals surface area contributed by atoms with E-state index in [2.05, 4.69) is 15.5 Å². The number of anilines is 1. The highest BCUT2D eigenvalue weighted by Gasteiger charge is 2.29. The van der Waals surface area contributed by atoms with Crippen molar-refractivity contribution in [3.05, 3.63) is 35.0 Å². The van der Waals surface area contributed by atoms with Crippen LogP contribution in [0, 0.1) is 13.8 Å². The van der Waals surface area contributed by atoms with Crippen molar-refractivity contribution in [3.8, 4) is 11.4 Å². The van der Waals surface area contributed by atoms with E-state index in [4.69, 9.17) is 25.1 Å². The second kappa shape index (κ2) is 8.95. The van der Waals surface area contributed by atoms with Gasteiger partial charge in [-0.25, -0.2) is 9.47 Å². The molecule has 0 aliphatic carbocycles. The third-order valence-electron chi connectivity index (χ3n) is 4.16. The number of esters is 1. The van der Waals surface area contributed by atoms with Crippen molar-refractivity contribution in [3.63, 3.8) is 0 Å². The number of aromatic nitrogens is 3. The molecule has 0 saturated carbocycles. The number of hydrogen-bond donors (Lipinski definition) is 3. The number of carbonyl (C=O) groups is 3. The average Bonchev–Trinajstić information content (AvgIpc) is 3.37. The maximum atomic E-state index is 12.4. The molecule has 0 bridgehead atoms. The van der Waals surface area contributed by atoms with Gasteiger partial charge in [0.25, 0.3) is 5.91 Å². The molecule has 31 heavy (non-hydrogen) atoms. The maximum Gasteiger partial charge on any atom is 0.342 e. The molecule has 0 unspecified atom stereocenters. The van der Waals surface area contributed by atoms with Crippen LogP contribution in [-0.2, 0) is 9.53 Å². The summed E-state index contributed by atoms with van der Waals surface area (Å²) in [5.74, 6) is 4.50. The van der Waals surface area contributed by atoms with Crippen LogP contribution in [-0.4, -0.2) is 45.0 Å². The Morgan fingerprint density at radius 1 is 1.23 bits per heavy atom. The number of primary amides is 1. The van der Waals surface area contributed by atoms with Gasteiger partial charge in [0.05, 0.1) is 24.2 Å². The fourth-order valence-electron chi connectivity index (χ4n) is 2.79. The number of furan rings is 2. The molecule has 3 aromatic heterocycles. The maximum absolute atomic E-state index is 12.4. The zero-order chi connectivity index (χ0) is 22.7. The van der Waals surface area contributed by atoms with E-state index in [1.807, 2.05) is 0 Å². The topological polar surface area (TPSA) is 182 Å². The lowest BCUT2D eigenvalue weighted by atomic mass is 10.1. The second-order valence-corrected chi connectivity index (χ2v) is 7.17. The molecule has 13 heteroatoms. The Hall–Kier alpha value is -3.74. The minimum absolute atomic E-state index is 0.0945. The Morgan fingerprint density at radius 2 is 1.97 bits per heavy atom. The lowest BCUT2D eigenvalue weighted by Gasteiger charge is -2.05. The van der Waals surface area contributed by atoms with Gasteiger partial charge in [-0.15, -0.1) is 10.2 Å². The lowest BCUT2D eigenvalue weighted by molar-refractivity contribution is -0.113. The van der Waals surface area contributed by atoms with Crippen LogP contribution in [0.2, 0.25) is 0 Å². The molecule has 0 aliphatic heterocycles. The van der Waals surface area contributed by atoms with Crippen molar-refractivity contribution < 1.29 is 28.0 Å². The van der Waals surface area contributed by atoms with Crippen LogP contribution in [0.1, 0.15) is 39.2 Å². The summed E-state index contributed by atoms with van der Waals surface area (Å²) in [6.45, 7) is 4.93. The van der Waals surface area contributed by atoms with Crippen molar-refractivity contribution in [2.75, 3.05) is 23.5 Å². The van der Waals surface area contributed by atoms with Crippen LogP contribution in [0.5, 0.6) is 0 Å². The van der Waals surface area contributed by atoms with E-state index in [1.54, 1.807) is 19.9 Å². The summed E-state index contributed by atoms with van der Waals surface area (Å²) < 4.78 is 16.8. The Bertz CT molecular complexity index is 1150. The summed E-state index contributed by atoms with van der Waals surface area (Å²) in [7, 11) is 0. The molecule has 2 amide bonds. The second-order valence-electron chi connectivity index (χ2n) is 6.23. The largest absolute Gasteiger partial charge is 0.469 e. The minimum atomic E-state index is -0.940. The van der Waals surface area contributed by atoms with Crippen molar-refractivity contribution in [2.45, 2.75) is 25.9 Å². The monoisotopic (exact) mass is 448 g/mol. The molecule has 3 heterocycles. The summed E-state index contributed by atoms with van der Waals surface area (Å²) in [5.41, 5.74) is 5.67. The van der Waals surface area contributed by atoms with E-state index in [1.165, 1.54) is 17.9 Å². The minimum Gasteiger partial charge on any atom is -0.469 e. The third kappa shape index (κ3) is 4.40. The molecule has 0 atom stereocenters. The van der Waals surface area contributed by atoms with Crippen LogP contribution in [0.15, 0.2) is 26.3 Å². The number of nitrogens with one attached hydrogen (secondary N) is 1. The van der Waals surface area contributed by atoms with Gasteiger partial charge in [0.2, 0.25) is 16.9 Å². The molecule has 0 aliphatic rings. The summed E-state index contributed by atoms with van der Waals surface area (Å²) >= 11 is 1.01. The molecule has 164 valence electrons. The lowest BCUT2D eigenvalue weighted by Crippen LogP contribution is -2.21. The number of ether oxygens (including phenoxy) is 1. The first-order chi connectivity index (χ1) is 14.7. The van der Waals surface area contributed by atoms with Crippen LogP contribution < -0.4 is 16.9 Å². The van der Waals surface area contributed by atoms with E-state index in [9.17, 15) is 14.4 Å². The van der Waals surface area contributed by atoms with Gasteiger partial charge in [0, 0.05) is 0 Å². The van der Waals surface area contributed by atoms with Gasteiger partial charge in [0.1, 0.15) is 22.6 Å². The van der Waals surface area contributed by atoms with Crippen molar-refractivity contribution in [1.29, 1.82) is 0 Å². The summed E-state index contributed by atoms with van der Waals surface area (Å²) in [6.07, 6.45) is 1.51. The third-order valence-corrected chi connectivity index (χ3v) is 5.10. The van der Waals surface area contributed by atoms with Crippen LogP contribution in [0.4, 0.5) is 5.88 Å². The average molecular weight is 448 g/mol. The van der Waals surface area contributed by atoms with Crippen LogP contribution in [0.25, 0.3) is 11.4 Å². The smallest absolute Gasteiger partial charge is 0.342 e. The molecule has 0 spiro atoms. The summed E-state index contributed by atoms with van der Waals surface area (Å²) in [6, 6.07) is 1.70. The molecule has 3 rings (SSSR count). The molecule has 3 aromatic rings. The first-order valence-corrected chi connectivity index (χ1v) is 10.0. The predicted octanol–water partition coefficient (Wildman–Crippen LogP) is 1.47. The molecule has 12 nitrogen and oxygen atoms in total. The number of rotatable bonds is 8. The van der Waals surface area contributed by atoms with E-state index < -0.39 is 17.8 Å². The van der Waals surface area contributed by atoms with Gasteiger partial charge in [-0.1, -0.05) is 11.8 Å². The number of carbonyl (C=O) groups excluding carboxylic acids is 3. The number of amides is 2. The van der Waals surface area contributed by atoms with Gasteiger partial charge < -0.3 is 25.1 Å². The van der Waals surface area contributed by atoms with Gasteiger partial charge in [-0.3, -0.25) is 14.9 Å². The number of thioether (sulfide) groups is 1. The van der Waals surface area contributed by atoms with Gasteiger partial charge in [0.15, 0.2) is 5.82 Å². The number of aryl methyl sites for hydroxylation is 2. The van der Waals surface area contributed by atoms with Gasteiger partial charge in [-0.05, 0) is 26.8 Å². The van der Waals surface area contributed by atoms with Crippen molar-refractivity contribution >= 4 is 35.4 Å². The fourth-order valence-corrected chi connectivity index (χ4v) is 3.44. The Kier molecular flexibility index (Phi) is 6.34. The molecule has 0 aromatic carbocycles. The van der Waals surface area contributed by atoms with E-state index in [0.717, 1.165) is 11.8 Å². The fraction of sp³-hybridized carbons (Fsp3) is 0.278. The summed E-state index contributed by atoms with van der Waals surface area (Å²) in [5, 5.41) is 10.7. The normalized spacial score (nSPS) is 10.8. The van der Waals surface area contributed by atoms with Gasteiger partial charge >= 0.3 is 5.97 Å². The number of hydrogen-bond acceptors (Lipinski definition) is 10. The molecular weight excluding hydrogens is 428 g/mol. The van der Waals surface area contributed by atoms with E-state index in [-0.39, 0.29) is 40.3 Å². The number of nitrogen functional groups attached to an aromatic ring is 1. The molecular formula is C18H20N6O6S. The Balaban J connectivity index is 1.73. The molecule has 0 radical (unpaired) electrons. The highest BCUT2D eigenvalue weighted by Crippen LogP contribution is 2.28. The Labute approximate surface area is 180 Å². The molecule has 5 N–H and O–H groups in total. The standard InChI is InChI=1S/C18H20N6O6S/c1-4-28-17(27)12-9(3)30-16(13(12)14(19)26)21-11(25)7-31-18-23-22-15(24(18)20)10-5-6-29-8(10)2/h5-6H,4,7,20H2,1-3H3,(H2,19,26)(H,21,25). The van der Waals surface area contributed by atoms with E-state index in [0.29, 0.717) is 17.1 Å². The van der Waals surface area contributed by atoms with Crippen LogP contribution >= 0.6 is 11.8 Å². The molecule has 0 fully saturated rings. The van der Waals surface area contributed by atoms with Crippen molar-refractivity contribution in [1.82, 2.24) is 14.9 Å². The first-order valence-electron chi connectivity index (χ1n) is 9.02. The zero-order valence-electron chi connectivity index (χ0n) is 16.9. The quantitative estimate of drug-likeness (QED) is 0.259. The van der Waals surface area contributed by atoms with Crippen molar-refractivity contribution in [2.24, 2.45) is 5.73 Å². The highest BCUT2D eigenvalue weighted by atomic mass is 32.2. The Morgan fingerprint density at radius 3 is 2.58 bits per heavy atom. The summed E-state index contributed by atoms with van der Waals surface area (Å²) in [4.78, 5) is 36.4. The van der Waals surface area contributed by atoms with Gasteiger partial charge in [-0.2, -0.15) is 0 Å². The number of nitrogens with zero attached hydrogens (tertiary/aromatic N) is 3. The van der Waals surface area contributed by atoms with Crippen LogP contribution in [0.3, 0.4) is 0 Å². The highest BCUT2D eigenvalue weighted by molar-refractivity contribution is 7.99.